The summed E-state index contributed by atoms with van der Waals surface area (Å²) in [7, 11) is -9.83. The molecule has 572 valence electrons. The van der Waals surface area contributed by atoms with Crippen LogP contribution in [-0.4, -0.2) is 95.9 Å². The molecule has 0 fully saturated rings. The first kappa shape index (κ1) is 95.6. The van der Waals surface area contributed by atoms with E-state index in [1.54, 1.807) is 0 Å². The molecule has 0 aliphatic rings. The zero-order valence-electron chi connectivity index (χ0n) is 62.2. The quantitative estimate of drug-likeness (QED) is 0.0146. The molecule has 0 heterocycles. The minimum atomic E-state index is -4.96. The van der Waals surface area contributed by atoms with Crippen molar-refractivity contribution in [3.05, 3.63) is 182 Å². The molecule has 101 heavy (non-hydrogen) atoms. The normalized spacial score (nSPS) is 15.0. The summed E-state index contributed by atoms with van der Waals surface area (Å²) in [6, 6.07) is 0. The fraction of sp³-hybridized carbons (Fsp3) is 0.602. The maximum Gasteiger partial charge on any atom is 0.472 e. The second-order valence-corrected chi connectivity index (χ2v) is 27.6. The van der Waals surface area contributed by atoms with Crippen LogP contribution in [0.1, 0.15) is 265 Å². The lowest BCUT2D eigenvalue weighted by Crippen LogP contribution is -2.30. The van der Waals surface area contributed by atoms with E-state index in [0.717, 1.165) is 167 Å². The van der Waals surface area contributed by atoms with Crippen LogP contribution in [-0.2, 0) is 55.8 Å². The SMILES string of the molecule is CC/C=C\C/C=C\C/C=C\C/C=C\C/C=C\C/C=C\CCCCC(=O)OCC(COP(=O)(O)OCC(O)COP(=O)(O)OCC(O)COC(=O)CCCCCCCCCCCCC/C=C\C/C=C\C/C=C\C/C=C\C/C=C\CC)OC(=O)CCCCCC/C=C\C/C=C\C/C=C\C/C=C\CC. The van der Waals surface area contributed by atoms with Gasteiger partial charge in [0, 0.05) is 19.3 Å². The van der Waals surface area contributed by atoms with E-state index >= 15 is 0 Å². The zero-order valence-corrected chi connectivity index (χ0v) is 64.0. The summed E-state index contributed by atoms with van der Waals surface area (Å²) >= 11 is 0. The van der Waals surface area contributed by atoms with E-state index in [-0.39, 0.29) is 19.3 Å². The number of ether oxygens (including phenoxy) is 3. The molecule has 0 aromatic carbocycles. The van der Waals surface area contributed by atoms with Crippen molar-refractivity contribution in [2.24, 2.45) is 0 Å². The zero-order chi connectivity index (χ0) is 73.7. The predicted octanol–water partition coefficient (Wildman–Crippen LogP) is 22.2. The number of carbonyl (C=O) groups is 3. The number of aliphatic hydroxyl groups is 2. The van der Waals surface area contributed by atoms with E-state index in [0.29, 0.717) is 19.3 Å². The first-order valence-electron chi connectivity index (χ1n) is 38.1. The van der Waals surface area contributed by atoms with Crippen molar-refractivity contribution < 1.29 is 75.8 Å². The van der Waals surface area contributed by atoms with Gasteiger partial charge in [0.1, 0.15) is 25.4 Å². The fourth-order valence-electron chi connectivity index (χ4n) is 9.41. The van der Waals surface area contributed by atoms with Gasteiger partial charge in [-0.05, 0) is 154 Å². The van der Waals surface area contributed by atoms with E-state index in [4.69, 9.17) is 32.3 Å². The third kappa shape index (κ3) is 75.6. The van der Waals surface area contributed by atoms with Gasteiger partial charge in [0.15, 0.2) is 6.10 Å². The van der Waals surface area contributed by atoms with Crippen LogP contribution >= 0.6 is 15.6 Å². The molecule has 5 atom stereocenters. The first-order valence-corrected chi connectivity index (χ1v) is 41.1. The summed E-state index contributed by atoms with van der Waals surface area (Å²) in [5.74, 6) is -1.67. The van der Waals surface area contributed by atoms with Gasteiger partial charge in [-0.3, -0.25) is 32.5 Å². The number of carbonyl (C=O) groups excluding carboxylic acids is 3. The second kappa shape index (κ2) is 74.4. The summed E-state index contributed by atoms with van der Waals surface area (Å²) in [5.41, 5.74) is 0. The Morgan fingerprint density at radius 2 is 0.495 bits per heavy atom. The number of esters is 3. The largest absolute Gasteiger partial charge is 0.472 e. The maximum absolute atomic E-state index is 13.0. The summed E-state index contributed by atoms with van der Waals surface area (Å²) in [6.07, 6.45) is 95.1. The van der Waals surface area contributed by atoms with Gasteiger partial charge in [0.25, 0.3) is 0 Å². The van der Waals surface area contributed by atoms with E-state index in [2.05, 4.69) is 203 Å². The molecule has 18 heteroatoms. The molecule has 0 aromatic heterocycles. The Morgan fingerprint density at radius 1 is 0.277 bits per heavy atom. The number of aliphatic hydroxyl groups excluding tert-OH is 2. The number of phosphoric acid groups is 2. The van der Waals surface area contributed by atoms with Gasteiger partial charge < -0.3 is 34.2 Å². The molecule has 0 radical (unpaired) electrons. The van der Waals surface area contributed by atoms with Crippen LogP contribution in [0.3, 0.4) is 0 Å². The van der Waals surface area contributed by atoms with Crippen molar-refractivity contribution in [1.29, 1.82) is 0 Å². The smallest absolute Gasteiger partial charge is 0.463 e. The minimum Gasteiger partial charge on any atom is -0.463 e. The number of hydrogen-bond donors (Lipinski definition) is 4. The van der Waals surface area contributed by atoms with Gasteiger partial charge >= 0.3 is 33.6 Å². The van der Waals surface area contributed by atoms with E-state index in [1.807, 2.05) is 0 Å². The number of allylic oxidation sites excluding steroid dienone is 30. The highest BCUT2D eigenvalue weighted by Gasteiger charge is 2.29. The van der Waals surface area contributed by atoms with Crippen LogP contribution in [0.15, 0.2) is 182 Å². The van der Waals surface area contributed by atoms with Gasteiger partial charge in [-0.25, -0.2) is 9.13 Å². The molecule has 4 N–H and O–H groups in total. The molecule has 0 bridgehead atoms. The summed E-state index contributed by atoms with van der Waals surface area (Å²) in [4.78, 5) is 58.6. The van der Waals surface area contributed by atoms with Gasteiger partial charge in [-0.2, -0.15) is 0 Å². The average molecular weight is 1450 g/mol. The Morgan fingerprint density at radius 3 is 0.802 bits per heavy atom. The van der Waals surface area contributed by atoms with Crippen LogP contribution in [0.2, 0.25) is 0 Å². The summed E-state index contributed by atoms with van der Waals surface area (Å²) in [5, 5.41) is 20.6. The molecule has 16 nitrogen and oxygen atoms in total. The van der Waals surface area contributed by atoms with Gasteiger partial charge in [0.05, 0.1) is 26.4 Å². The number of phosphoric ester groups is 2. The van der Waals surface area contributed by atoms with Crippen LogP contribution in [0.4, 0.5) is 0 Å². The van der Waals surface area contributed by atoms with Crippen LogP contribution < -0.4 is 0 Å². The maximum atomic E-state index is 13.0. The van der Waals surface area contributed by atoms with Crippen molar-refractivity contribution in [1.82, 2.24) is 0 Å². The highest BCUT2D eigenvalue weighted by atomic mass is 31.2. The molecule has 0 spiro atoms. The first-order chi connectivity index (χ1) is 49.2. The molecule has 0 aliphatic carbocycles. The van der Waals surface area contributed by atoms with Crippen LogP contribution in [0.25, 0.3) is 0 Å². The highest BCUT2D eigenvalue weighted by Crippen LogP contribution is 2.45. The Kier molecular flexibility index (Phi) is 70.4. The lowest BCUT2D eigenvalue weighted by molar-refractivity contribution is -0.161. The molecular weight excluding hydrogens is 1310 g/mol. The Hall–Kier alpha value is -5.35. The van der Waals surface area contributed by atoms with Crippen molar-refractivity contribution in [2.45, 2.75) is 283 Å². The van der Waals surface area contributed by atoms with Crippen molar-refractivity contribution in [2.75, 3.05) is 39.6 Å². The summed E-state index contributed by atoms with van der Waals surface area (Å²) in [6.45, 7) is 2.23. The van der Waals surface area contributed by atoms with Gasteiger partial charge in [-0.1, -0.05) is 274 Å². The Labute approximate surface area is 611 Å². The number of hydrogen-bond acceptors (Lipinski definition) is 14. The second-order valence-electron chi connectivity index (χ2n) is 24.7. The molecule has 0 saturated carbocycles. The lowest BCUT2D eigenvalue weighted by Gasteiger charge is -2.21. The van der Waals surface area contributed by atoms with Crippen LogP contribution in [0.5, 0.6) is 0 Å². The third-order valence-corrected chi connectivity index (χ3v) is 17.0. The van der Waals surface area contributed by atoms with E-state index in [9.17, 15) is 43.5 Å². The Balaban J connectivity index is 4.68. The lowest BCUT2D eigenvalue weighted by atomic mass is 10.0. The minimum absolute atomic E-state index is 0.0593. The van der Waals surface area contributed by atoms with Gasteiger partial charge in [-0.15, -0.1) is 0 Å². The van der Waals surface area contributed by atoms with E-state index in [1.165, 1.54) is 38.5 Å². The number of unbranched alkanes of at least 4 members (excludes halogenated alkanes) is 17. The van der Waals surface area contributed by atoms with E-state index < -0.39 is 91.5 Å². The molecule has 0 aliphatic heterocycles. The van der Waals surface area contributed by atoms with Crippen molar-refractivity contribution in [3.63, 3.8) is 0 Å². The van der Waals surface area contributed by atoms with Gasteiger partial charge in [0.2, 0.25) is 0 Å². The van der Waals surface area contributed by atoms with Crippen molar-refractivity contribution >= 4 is 33.6 Å². The fourth-order valence-corrected chi connectivity index (χ4v) is 11.0. The molecular formula is C83H134O16P2. The molecule has 0 rings (SSSR count). The molecule has 0 amide bonds. The predicted molar refractivity (Wildman–Crippen MR) is 417 cm³/mol. The standard InChI is InChI=1S/C83H134O16P2/c1-4-7-10-13-16-19-22-25-28-31-33-35-36-37-38-39-40-42-44-46-48-51-54-57-60-63-66-69-81(86)93-72-78(84)73-95-100(89,90)96-74-79(85)75-97-101(91,92)98-77-80(99-83(88)71-68-65-62-59-56-53-50-45-30-27-24-21-18-15-12-9-6-3)76-94-82(87)70-67-64-61-58-55-52-49-47-43-41-34-32-29-26-23-20-17-14-11-8-5-2/h7-12,16-21,25-30,33-35,37-38,41,47,49-50,53,55,58,78-80,84-85H,4-6,13-15,22-24,31-32,36,39-40,42-46,48,51-52,54,56-57,59-77H2,1-3H3,(H,89,90)(H,91,92)/b10-7-,11-8-,12-9-,19-16-,20-17-,21-18-,28-25-,29-26-,30-27-,35-33-,38-37-,41-34-,49-47-,53-50-,58-55-. The topological polar surface area (TPSA) is 231 Å². The van der Waals surface area contributed by atoms with Crippen LogP contribution in [0, 0.1) is 0 Å². The third-order valence-electron chi connectivity index (χ3n) is 15.1. The Bertz CT molecular complexity index is 2570. The average Bonchev–Trinajstić information content (AvgIpc) is 0.961. The monoisotopic (exact) mass is 1450 g/mol. The molecule has 0 saturated heterocycles. The highest BCUT2D eigenvalue weighted by molar-refractivity contribution is 7.47. The number of rotatable bonds is 70. The summed E-state index contributed by atoms with van der Waals surface area (Å²) < 4.78 is 61.0. The molecule has 5 unspecified atom stereocenters. The molecule has 0 aromatic rings. The van der Waals surface area contributed by atoms with Crippen molar-refractivity contribution in [3.8, 4) is 0 Å².